The molecule has 0 aliphatic rings. The Morgan fingerprint density at radius 1 is 1.30 bits per heavy atom. The van der Waals surface area contributed by atoms with Gasteiger partial charge in [0.1, 0.15) is 4.88 Å². The number of halogens is 1. The summed E-state index contributed by atoms with van der Waals surface area (Å²) in [4.78, 5) is 23.1. The number of carbonyl (C=O) groups is 2. The highest BCUT2D eigenvalue weighted by Crippen LogP contribution is 2.24. The lowest BCUT2D eigenvalue weighted by Gasteiger charge is -2.05. The van der Waals surface area contributed by atoms with Gasteiger partial charge in [-0.25, -0.2) is 4.79 Å². The van der Waals surface area contributed by atoms with E-state index in [2.05, 4.69) is 21.2 Å². The van der Waals surface area contributed by atoms with E-state index in [4.69, 9.17) is 5.11 Å². The van der Waals surface area contributed by atoms with E-state index < -0.39 is 5.97 Å². The Morgan fingerprint density at radius 2 is 2.10 bits per heavy atom. The van der Waals surface area contributed by atoms with Crippen molar-refractivity contribution >= 4 is 50.9 Å². The fourth-order valence-corrected chi connectivity index (χ4v) is 2.98. The highest BCUT2D eigenvalue weighted by Gasteiger charge is 2.11. The molecule has 1 aromatic carbocycles. The van der Waals surface area contributed by atoms with E-state index in [0.717, 1.165) is 10.5 Å². The minimum Gasteiger partial charge on any atom is -0.478 e. The van der Waals surface area contributed by atoms with Crippen molar-refractivity contribution in [2.24, 2.45) is 0 Å². The van der Waals surface area contributed by atoms with Crippen LogP contribution in [-0.2, 0) is 4.79 Å². The second-order valence-electron chi connectivity index (χ2n) is 3.85. The van der Waals surface area contributed by atoms with Crippen LogP contribution in [0.1, 0.15) is 15.2 Å². The summed E-state index contributed by atoms with van der Waals surface area (Å²) in [5, 5.41) is 13.2. The molecule has 1 amide bonds. The number of amides is 1. The maximum absolute atomic E-state index is 12.0. The third kappa shape index (κ3) is 3.79. The van der Waals surface area contributed by atoms with Crippen LogP contribution in [0.25, 0.3) is 6.08 Å². The van der Waals surface area contributed by atoms with Crippen LogP contribution >= 0.6 is 27.3 Å². The van der Waals surface area contributed by atoms with Crippen molar-refractivity contribution in [2.45, 2.75) is 0 Å². The van der Waals surface area contributed by atoms with E-state index >= 15 is 0 Å². The molecule has 0 unspecified atom stereocenters. The molecule has 0 aliphatic heterocycles. The van der Waals surface area contributed by atoms with Crippen LogP contribution in [0.5, 0.6) is 0 Å². The molecule has 0 radical (unpaired) electrons. The smallest absolute Gasteiger partial charge is 0.328 e. The Bertz CT molecular complexity index is 679. The summed E-state index contributed by atoms with van der Waals surface area (Å²) in [6.07, 6.45) is 2.52. The van der Waals surface area contributed by atoms with E-state index in [1.807, 2.05) is 11.4 Å². The largest absolute Gasteiger partial charge is 0.478 e. The number of benzene rings is 1. The average Bonchev–Trinajstić information content (AvgIpc) is 2.83. The molecule has 0 fully saturated rings. The number of carbonyl (C=O) groups excluding carboxylic acids is 1. The summed E-state index contributed by atoms with van der Waals surface area (Å²) in [5.41, 5.74) is 1.32. The molecule has 0 atom stereocenters. The normalized spacial score (nSPS) is 10.7. The molecular weight excluding hydrogens is 342 g/mol. The summed E-state index contributed by atoms with van der Waals surface area (Å²) in [6, 6.07) is 8.78. The first-order chi connectivity index (χ1) is 9.56. The van der Waals surface area contributed by atoms with Gasteiger partial charge < -0.3 is 10.4 Å². The molecule has 0 aliphatic carbocycles. The third-order valence-electron chi connectivity index (χ3n) is 2.39. The van der Waals surface area contributed by atoms with E-state index in [1.165, 1.54) is 17.4 Å². The summed E-state index contributed by atoms with van der Waals surface area (Å²) < 4.78 is 0.752. The number of carboxylic acid groups (broad SMARTS) is 1. The van der Waals surface area contributed by atoms with Gasteiger partial charge in [0.15, 0.2) is 0 Å². The standard InChI is InChI=1S/C14H10BrNO3S/c15-11-6-7-20-13(11)14(19)16-10-3-1-2-9(8-10)4-5-12(17)18/h1-8H,(H,16,19)(H,17,18)/b5-4+. The van der Waals surface area contributed by atoms with Crippen molar-refractivity contribution in [3.63, 3.8) is 0 Å². The van der Waals surface area contributed by atoms with Crippen LogP contribution in [0.3, 0.4) is 0 Å². The van der Waals surface area contributed by atoms with Crippen LogP contribution in [0.4, 0.5) is 5.69 Å². The summed E-state index contributed by atoms with van der Waals surface area (Å²) in [7, 11) is 0. The van der Waals surface area contributed by atoms with Crippen LogP contribution < -0.4 is 5.32 Å². The van der Waals surface area contributed by atoms with Gasteiger partial charge in [-0.2, -0.15) is 0 Å². The Kier molecular flexibility index (Phi) is 4.70. The quantitative estimate of drug-likeness (QED) is 0.821. The van der Waals surface area contributed by atoms with Crippen molar-refractivity contribution in [3.05, 3.63) is 56.7 Å². The maximum atomic E-state index is 12.0. The van der Waals surface area contributed by atoms with E-state index in [-0.39, 0.29) is 5.91 Å². The van der Waals surface area contributed by atoms with Crippen molar-refractivity contribution in [1.29, 1.82) is 0 Å². The van der Waals surface area contributed by atoms with Crippen LogP contribution in [-0.4, -0.2) is 17.0 Å². The predicted octanol–water partition coefficient (Wildman–Crippen LogP) is 3.86. The van der Waals surface area contributed by atoms with Gasteiger partial charge >= 0.3 is 5.97 Å². The van der Waals surface area contributed by atoms with E-state index in [0.29, 0.717) is 16.1 Å². The predicted molar refractivity (Wildman–Crippen MR) is 83.1 cm³/mol. The fraction of sp³-hybridized carbons (Fsp3) is 0. The van der Waals surface area contributed by atoms with Gasteiger partial charge in [0.2, 0.25) is 0 Å². The first-order valence-electron chi connectivity index (χ1n) is 5.61. The first-order valence-corrected chi connectivity index (χ1v) is 7.29. The van der Waals surface area contributed by atoms with E-state index in [9.17, 15) is 9.59 Å². The second kappa shape index (κ2) is 6.49. The molecule has 0 saturated carbocycles. The molecule has 1 heterocycles. The van der Waals surface area contributed by atoms with Gasteiger partial charge in [-0.3, -0.25) is 4.79 Å². The number of hydrogen-bond donors (Lipinski definition) is 2. The summed E-state index contributed by atoms with van der Waals surface area (Å²) >= 11 is 4.65. The topological polar surface area (TPSA) is 66.4 Å². The Labute approximate surface area is 127 Å². The molecule has 0 bridgehead atoms. The van der Waals surface area contributed by atoms with Gasteiger partial charge in [0.25, 0.3) is 5.91 Å². The zero-order valence-electron chi connectivity index (χ0n) is 10.2. The number of aliphatic carboxylic acids is 1. The monoisotopic (exact) mass is 351 g/mol. The summed E-state index contributed by atoms with van der Waals surface area (Å²) in [6.45, 7) is 0. The van der Waals surface area contributed by atoms with E-state index in [1.54, 1.807) is 24.3 Å². The molecule has 102 valence electrons. The average molecular weight is 352 g/mol. The van der Waals surface area contributed by atoms with Crippen LogP contribution in [0.15, 0.2) is 46.3 Å². The van der Waals surface area contributed by atoms with Crippen LogP contribution in [0.2, 0.25) is 0 Å². The minimum atomic E-state index is -1.01. The molecule has 0 spiro atoms. The Morgan fingerprint density at radius 3 is 2.75 bits per heavy atom. The lowest BCUT2D eigenvalue weighted by molar-refractivity contribution is -0.131. The molecular formula is C14H10BrNO3S. The molecule has 1 aromatic heterocycles. The molecule has 4 nitrogen and oxygen atoms in total. The lowest BCUT2D eigenvalue weighted by Crippen LogP contribution is -2.10. The van der Waals surface area contributed by atoms with Crippen molar-refractivity contribution in [1.82, 2.24) is 0 Å². The lowest BCUT2D eigenvalue weighted by atomic mass is 10.2. The molecule has 20 heavy (non-hydrogen) atoms. The number of rotatable bonds is 4. The van der Waals surface area contributed by atoms with Gasteiger partial charge in [-0.05, 0) is 51.1 Å². The fourth-order valence-electron chi connectivity index (χ4n) is 1.53. The number of thiophene rings is 1. The molecule has 2 aromatic rings. The third-order valence-corrected chi connectivity index (χ3v) is 4.22. The van der Waals surface area contributed by atoms with Crippen molar-refractivity contribution in [3.8, 4) is 0 Å². The Balaban J connectivity index is 2.14. The molecule has 2 rings (SSSR count). The van der Waals surface area contributed by atoms with Gasteiger partial charge in [-0.15, -0.1) is 11.3 Å². The molecule has 6 heteroatoms. The zero-order valence-corrected chi connectivity index (χ0v) is 12.6. The van der Waals surface area contributed by atoms with Gasteiger partial charge in [0, 0.05) is 16.2 Å². The van der Waals surface area contributed by atoms with Gasteiger partial charge in [-0.1, -0.05) is 12.1 Å². The highest BCUT2D eigenvalue weighted by atomic mass is 79.9. The van der Waals surface area contributed by atoms with Crippen LogP contribution in [0, 0.1) is 0 Å². The zero-order chi connectivity index (χ0) is 14.5. The number of hydrogen-bond acceptors (Lipinski definition) is 3. The van der Waals surface area contributed by atoms with Crippen molar-refractivity contribution in [2.75, 3.05) is 5.32 Å². The number of nitrogens with one attached hydrogen (secondary N) is 1. The minimum absolute atomic E-state index is 0.203. The second-order valence-corrected chi connectivity index (χ2v) is 5.62. The molecule has 0 saturated heterocycles. The number of anilines is 1. The number of carboxylic acids is 1. The molecule has 2 N–H and O–H groups in total. The first kappa shape index (κ1) is 14.5. The highest BCUT2D eigenvalue weighted by molar-refractivity contribution is 9.10. The van der Waals surface area contributed by atoms with Gasteiger partial charge in [0.05, 0.1) is 0 Å². The maximum Gasteiger partial charge on any atom is 0.328 e. The Hall–Kier alpha value is -1.92. The SMILES string of the molecule is O=C(O)/C=C/c1cccc(NC(=O)c2sccc2Br)c1. The summed E-state index contributed by atoms with van der Waals surface area (Å²) in [5.74, 6) is -1.21. The van der Waals surface area contributed by atoms with Crippen molar-refractivity contribution < 1.29 is 14.7 Å².